The van der Waals surface area contributed by atoms with Gasteiger partial charge < -0.3 is 36.6 Å². The highest BCUT2D eigenvalue weighted by molar-refractivity contribution is 7.89. The summed E-state index contributed by atoms with van der Waals surface area (Å²) in [6.45, 7) is 4.54. The van der Waals surface area contributed by atoms with E-state index in [9.17, 15) is 25.3 Å². The summed E-state index contributed by atoms with van der Waals surface area (Å²) in [5.74, 6) is 0. The van der Waals surface area contributed by atoms with Crippen molar-refractivity contribution < 1.29 is 30.0 Å². The van der Waals surface area contributed by atoms with Crippen LogP contribution in [0.25, 0.3) is 0 Å². The molecule has 3 aromatic heterocycles. The van der Waals surface area contributed by atoms with Crippen molar-refractivity contribution in [1.82, 2.24) is 39.5 Å². The molecule has 8 rings (SSSR count). The molecule has 0 unspecified atom stereocenters. The van der Waals surface area contributed by atoms with Gasteiger partial charge in [0.2, 0.25) is 30.1 Å². The summed E-state index contributed by atoms with van der Waals surface area (Å²) in [6, 6.07) is 30.7. The fourth-order valence-electron chi connectivity index (χ4n) is 6.92. The van der Waals surface area contributed by atoms with Crippen molar-refractivity contribution in [3.8, 4) is 0 Å². The first-order valence-electron chi connectivity index (χ1n) is 22.8. The molecule has 8 N–H and O–H groups in total. The third-order valence-electron chi connectivity index (χ3n) is 10.8. The number of nitrogens with zero attached hydrogens (tertiary/aromatic N) is 5. The predicted molar refractivity (Wildman–Crippen MR) is 295 cm³/mol. The van der Waals surface area contributed by atoms with E-state index < -0.39 is 30.1 Å². The lowest BCUT2D eigenvalue weighted by Crippen LogP contribution is -2.40. The van der Waals surface area contributed by atoms with Gasteiger partial charge in [0.1, 0.15) is 0 Å². The van der Waals surface area contributed by atoms with Gasteiger partial charge in [0.25, 0.3) is 0 Å². The van der Waals surface area contributed by atoms with Gasteiger partial charge in [-0.15, -0.1) is 0 Å². The summed E-state index contributed by atoms with van der Waals surface area (Å²) < 4.78 is 81.0. The van der Waals surface area contributed by atoms with Crippen LogP contribution in [0.1, 0.15) is 36.0 Å². The van der Waals surface area contributed by atoms with E-state index in [1.807, 2.05) is 36.4 Å². The normalized spacial score (nSPS) is 14.1. The van der Waals surface area contributed by atoms with E-state index in [4.69, 9.17) is 46.5 Å². The Kier molecular flexibility index (Phi) is 21.4. The van der Waals surface area contributed by atoms with Crippen molar-refractivity contribution in [3.63, 3.8) is 0 Å². The lowest BCUT2D eigenvalue weighted by atomic mass is 10.2. The van der Waals surface area contributed by atoms with Gasteiger partial charge in [0.05, 0.1) is 27.9 Å². The molecule has 0 spiro atoms. The summed E-state index contributed by atoms with van der Waals surface area (Å²) in [5, 5.41) is 24.7. The Bertz CT molecular complexity index is 2900. The van der Waals surface area contributed by atoms with Crippen LogP contribution in [-0.2, 0) is 54.4 Å². The molecule has 2 saturated heterocycles. The highest BCUT2D eigenvalue weighted by Crippen LogP contribution is 2.23. The zero-order chi connectivity index (χ0) is 52.1. The Hall–Kier alpha value is -6.13. The first-order valence-corrected chi connectivity index (χ1v) is 28.4. The zero-order valence-electron chi connectivity index (χ0n) is 39.5. The van der Waals surface area contributed by atoms with Crippen LogP contribution in [0.4, 0.5) is 17.1 Å². The molecular weight excluding hydrogens is 1050 g/mol. The molecule has 0 amide bonds. The molecule has 0 atom stereocenters. The Morgan fingerprint density at radius 2 is 0.863 bits per heavy atom. The predicted octanol–water partition coefficient (Wildman–Crippen LogP) is 5.55. The van der Waals surface area contributed by atoms with Crippen molar-refractivity contribution in [3.05, 3.63) is 163 Å². The maximum absolute atomic E-state index is 12.6. The summed E-state index contributed by atoms with van der Waals surface area (Å²) in [7, 11) is -10.6. The highest BCUT2D eigenvalue weighted by Gasteiger charge is 2.27. The van der Waals surface area contributed by atoms with E-state index in [-0.39, 0.29) is 9.79 Å². The van der Waals surface area contributed by atoms with E-state index >= 15 is 0 Å². The second-order valence-electron chi connectivity index (χ2n) is 16.1. The Balaban J connectivity index is 0.000000180. The van der Waals surface area contributed by atoms with Crippen molar-refractivity contribution in [2.24, 2.45) is 5.14 Å². The molecule has 386 valence electrons. The number of morpholine rings is 1. The van der Waals surface area contributed by atoms with Crippen LogP contribution in [0.2, 0.25) is 0 Å². The minimum absolute atomic E-state index is 0.0577. The molecule has 2 aliphatic heterocycles. The fraction of sp³-hybridized carbons (Fsp3) is 0.250. The number of hydrogen-bond donors (Lipinski definition) is 7. The molecule has 0 bridgehead atoms. The first kappa shape index (κ1) is 56.2. The lowest BCUT2D eigenvalue weighted by Gasteiger charge is -2.26. The van der Waals surface area contributed by atoms with Gasteiger partial charge in [-0.05, 0) is 169 Å². The zero-order valence-corrected chi connectivity index (χ0v) is 44.4. The van der Waals surface area contributed by atoms with E-state index in [1.54, 1.807) is 102 Å². The third kappa shape index (κ3) is 18.4. The summed E-state index contributed by atoms with van der Waals surface area (Å²) in [4.78, 5) is 12.6. The number of sulfonamides is 3. The average Bonchev–Trinajstić information content (AvgIpc) is 3.41. The minimum atomic E-state index is -3.68. The molecule has 73 heavy (non-hydrogen) atoms. The number of ether oxygens (including phenoxy) is 1. The summed E-state index contributed by atoms with van der Waals surface area (Å²) >= 11 is 15.7. The van der Waals surface area contributed by atoms with Gasteiger partial charge in [0, 0.05) is 100 Å². The SMILES string of the molecule is NS(=O)(=O)c1ccc(NC(=S)NCc2cccnc2)cc1.O=S(=O)(c1ccc(NC(=S)NCc2ccncc2)cc1)N1CCCCC1.O=S(=O)(c1ccc(NC(=S)NCc2ccncc2)cc1)N1CCOCC1. The quantitative estimate of drug-likeness (QED) is 0.0660. The van der Waals surface area contributed by atoms with Crippen molar-refractivity contribution in [2.45, 2.75) is 53.6 Å². The van der Waals surface area contributed by atoms with Crippen LogP contribution in [0, 0.1) is 0 Å². The molecule has 5 heterocycles. The maximum atomic E-state index is 12.6. The monoisotopic (exact) mass is 1100 g/mol. The van der Waals surface area contributed by atoms with Crippen LogP contribution in [0.5, 0.6) is 0 Å². The molecule has 0 radical (unpaired) electrons. The molecule has 0 saturated carbocycles. The number of hydrogen-bond acceptors (Lipinski definition) is 13. The van der Waals surface area contributed by atoms with Crippen molar-refractivity contribution in [1.29, 1.82) is 0 Å². The molecular formula is C48H56N12O7S6. The van der Waals surface area contributed by atoms with Crippen LogP contribution >= 0.6 is 36.7 Å². The van der Waals surface area contributed by atoms with Crippen molar-refractivity contribution in [2.75, 3.05) is 55.3 Å². The second-order valence-corrected chi connectivity index (χ2v) is 22.8. The summed E-state index contributed by atoms with van der Waals surface area (Å²) in [5.41, 5.74) is 5.29. The number of pyridine rings is 3. The number of rotatable bonds is 14. The van der Waals surface area contributed by atoms with E-state index in [0.717, 1.165) is 47.3 Å². The van der Waals surface area contributed by atoms with E-state index in [0.29, 0.717) is 84.9 Å². The van der Waals surface area contributed by atoms with Gasteiger partial charge in [-0.1, -0.05) is 12.5 Å². The first-order chi connectivity index (χ1) is 35.1. The van der Waals surface area contributed by atoms with E-state index in [1.165, 1.54) is 16.4 Å². The number of piperidine rings is 1. The number of primary sulfonamides is 1. The Morgan fingerprint density at radius 3 is 1.25 bits per heavy atom. The number of benzene rings is 3. The smallest absolute Gasteiger partial charge is 0.243 e. The highest BCUT2D eigenvalue weighted by atomic mass is 32.2. The third-order valence-corrected chi connectivity index (χ3v) is 16.3. The number of nitrogens with one attached hydrogen (secondary N) is 6. The number of nitrogens with two attached hydrogens (primary N) is 1. The minimum Gasteiger partial charge on any atom is -0.379 e. The molecule has 6 aromatic rings. The standard InChI is InChI=1S/C18H22N4O2S2.C17H20N4O3S2.C13H14N4O2S2/c23-26(24,22-12-2-1-3-13-22)17-6-4-16(5-7-17)21-18(25)20-14-15-8-10-19-11-9-15;22-26(23,21-9-11-24-12-10-21)16-3-1-15(2-4-16)20-17(25)19-13-14-5-7-18-8-6-14;14-21(18,19)12-5-3-11(4-6-12)17-13(20)16-9-10-2-1-7-15-8-10/h4-11H,1-3,12-14H2,(H2,20,21,25);1-8H,9-13H2,(H2,19,20,25);1-8H,9H2,(H2,14,18,19)(H2,16,17,20). The van der Waals surface area contributed by atoms with Gasteiger partial charge in [-0.2, -0.15) is 8.61 Å². The molecule has 2 fully saturated rings. The maximum Gasteiger partial charge on any atom is 0.243 e. The van der Waals surface area contributed by atoms with Gasteiger partial charge in [-0.3, -0.25) is 15.0 Å². The van der Waals surface area contributed by atoms with Crippen LogP contribution < -0.4 is 37.0 Å². The second kappa shape index (κ2) is 27.8. The average molecular weight is 1110 g/mol. The van der Waals surface area contributed by atoms with Crippen molar-refractivity contribution >= 4 is 99.1 Å². The van der Waals surface area contributed by atoms with Gasteiger partial charge in [-0.25, -0.2) is 30.4 Å². The van der Waals surface area contributed by atoms with Gasteiger partial charge >= 0.3 is 0 Å². The number of aromatic nitrogens is 3. The van der Waals surface area contributed by atoms with Crippen LogP contribution in [-0.4, -0.2) is 104 Å². The van der Waals surface area contributed by atoms with E-state index in [2.05, 4.69) is 46.9 Å². The molecule has 2 aliphatic rings. The topological polar surface area (TPSA) is 255 Å². The Morgan fingerprint density at radius 1 is 0.479 bits per heavy atom. The molecule has 19 nitrogen and oxygen atoms in total. The fourth-order valence-corrected chi connectivity index (χ4v) is 10.9. The molecule has 25 heteroatoms. The van der Waals surface area contributed by atoms with Gasteiger partial charge in [0.15, 0.2) is 15.3 Å². The number of thiocarbonyl (C=S) groups is 3. The van der Waals surface area contributed by atoms with Crippen LogP contribution in [0.15, 0.2) is 161 Å². The molecule has 0 aliphatic carbocycles. The number of anilines is 3. The Labute approximate surface area is 442 Å². The molecule has 3 aromatic carbocycles. The lowest BCUT2D eigenvalue weighted by molar-refractivity contribution is 0.0730. The largest absolute Gasteiger partial charge is 0.379 e. The van der Waals surface area contributed by atoms with Crippen LogP contribution in [0.3, 0.4) is 0 Å². The summed E-state index contributed by atoms with van der Waals surface area (Å²) in [6.07, 6.45) is 13.3.